The number of nitrogens with one attached hydrogen (secondary N) is 1. The van der Waals surface area contributed by atoms with Crippen molar-refractivity contribution < 1.29 is 5.11 Å². The van der Waals surface area contributed by atoms with E-state index in [0.29, 0.717) is 0 Å². The fourth-order valence-corrected chi connectivity index (χ4v) is 0.952. The first kappa shape index (κ1) is 9.60. The largest absolute Gasteiger partial charge is 0.494 e. The zero-order valence-electron chi connectivity index (χ0n) is 6.58. The SMILES string of the molecule is C=C(Cl)Cn1c(O)cc(=O)[nH]c1=O. The number of nitrogens with zero attached hydrogens (tertiary/aromatic N) is 1. The molecule has 6 heteroatoms. The molecule has 1 rings (SSSR count). The molecule has 1 heterocycles. The maximum Gasteiger partial charge on any atom is 0.331 e. The Morgan fingerprint density at radius 3 is 2.77 bits per heavy atom. The Balaban J connectivity index is 3.29. The molecule has 13 heavy (non-hydrogen) atoms. The van der Waals surface area contributed by atoms with E-state index in [9.17, 15) is 9.59 Å². The first-order valence-corrected chi connectivity index (χ1v) is 3.75. The molecule has 0 saturated carbocycles. The third kappa shape index (κ3) is 2.22. The summed E-state index contributed by atoms with van der Waals surface area (Å²) in [6, 6.07) is 0.890. The third-order valence-electron chi connectivity index (χ3n) is 1.34. The van der Waals surface area contributed by atoms with Crippen LogP contribution >= 0.6 is 11.6 Å². The molecular formula is C7H7ClN2O3. The van der Waals surface area contributed by atoms with Crippen molar-refractivity contribution in [3.8, 4) is 5.88 Å². The highest BCUT2D eigenvalue weighted by atomic mass is 35.5. The van der Waals surface area contributed by atoms with Crippen LogP contribution in [0.5, 0.6) is 5.88 Å². The normalized spacial score (nSPS) is 9.92. The molecule has 0 aromatic carbocycles. The summed E-state index contributed by atoms with van der Waals surface area (Å²) in [5.74, 6) is -0.435. The molecule has 0 aliphatic heterocycles. The molecule has 0 radical (unpaired) electrons. The molecule has 1 aromatic rings. The van der Waals surface area contributed by atoms with Crippen LogP contribution in [-0.2, 0) is 6.54 Å². The Kier molecular flexibility index (Phi) is 2.57. The van der Waals surface area contributed by atoms with Crippen LogP contribution in [0.4, 0.5) is 0 Å². The Morgan fingerprint density at radius 1 is 1.69 bits per heavy atom. The van der Waals surface area contributed by atoms with Gasteiger partial charge in [-0.1, -0.05) is 18.2 Å². The molecule has 0 fully saturated rings. The number of hydrogen-bond acceptors (Lipinski definition) is 3. The fraction of sp³-hybridized carbons (Fsp3) is 0.143. The topological polar surface area (TPSA) is 75.1 Å². The monoisotopic (exact) mass is 202 g/mol. The second-order valence-electron chi connectivity index (χ2n) is 2.40. The van der Waals surface area contributed by atoms with E-state index in [1.165, 1.54) is 0 Å². The predicted molar refractivity (Wildman–Crippen MR) is 48.0 cm³/mol. The number of allylic oxidation sites excluding steroid dienone is 1. The smallest absolute Gasteiger partial charge is 0.331 e. The molecule has 0 amide bonds. The maximum atomic E-state index is 11.0. The van der Waals surface area contributed by atoms with Crippen molar-refractivity contribution in [2.24, 2.45) is 0 Å². The van der Waals surface area contributed by atoms with E-state index in [-0.39, 0.29) is 11.6 Å². The van der Waals surface area contributed by atoms with E-state index in [1.807, 2.05) is 4.98 Å². The van der Waals surface area contributed by atoms with Gasteiger partial charge in [0.15, 0.2) is 0 Å². The number of aromatic nitrogens is 2. The van der Waals surface area contributed by atoms with E-state index in [2.05, 4.69) is 6.58 Å². The number of aromatic amines is 1. The van der Waals surface area contributed by atoms with E-state index in [0.717, 1.165) is 10.6 Å². The Morgan fingerprint density at radius 2 is 2.31 bits per heavy atom. The van der Waals surface area contributed by atoms with Gasteiger partial charge in [0.25, 0.3) is 5.56 Å². The molecule has 1 aromatic heterocycles. The lowest BCUT2D eigenvalue weighted by molar-refractivity contribution is 0.410. The Hall–Kier alpha value is -1.49. The minimum Gasteiger partial charge on any atom is -0.494 e. The highest BCUT2D eigenvalue weighted by Gasteiger charge is 2.04. The van der Waals surface area contributed by atoms with E-state index < -0.39 is 17.1 Å². The van der Waals surface area contributed by atoms with Gasteiger partial charge < -0.3 is 5.11 Å². The third-order valence-corrected chi connectivity index (χ3v) is 1.46. The van der Waals surface area contributed by atoms with Gasteiger partial charge in [0.1, 0.15) is 0 Å². The van der Waals surface area contributed by atoms with Crippen molar-refractivity contribution in [1.29, 1.82) is 0 Å². The highest BCUT2D eigenvalue weighted by molar-refractivity contribution is 6.29. The molecule has 5 nitrogen and oxygen atoms in total. The van der Waals surface area contributed by atoms with Gasteiger partial charge in [-0.15, -0.1) is 0 Å². The number of rotatable bonds is 2. The van der Waals surface area contributed by atoms with Crippen molar-refractivity contribution in [3.63, 3.8) is 0 Å². The summed E-state index contributed by atoms with van der Waals surface area (Å²) in [6.07, 6.45) is 0. The van der Waals surface area contributed by atoms with Gasteiger partial charge in [-0.05, 0) is 0 Å². The van der Waals surface area contributed by atoms with Crippen LogP contribution in [-0.4, -0.2) is 14.7 Å². The highest BCUT2D eigenvalue weighted by Crippen LogP contribution is 2.05. The van der Waals surface area contributed by atoms with Crippen molar-refractivity contribution in [2.75, 3.05) is 0 Å². The summed E-state index contributed by atoms with van der Waals surface area (Å²) in [7, 11) is 0. The second kappa shape index (κ2) is 3.49. The second-order valence-corrected chi connectivity index (χ2v) is 2.93. The van der Waals surface area contributed by atoms with Crippen LogP contribution in [0.1, 0.15) is 0 Å². The standard InChI is InChI=1S/C7H7ClN2O3/c1-4(8)3-10-6(12)2-5(11)9-7(10)13/h2,12H,1,3H2,(H,9,11,13). The van der Waals surface area contributed by atoms with Gasteiger partial charge in [-0.2, -0.15) is 0 Å². The lowest BCUT2D eigenvalue weighted by Gasteiger charge is -2.04. The van der Waals surface area contributed by atoms with Crippen LogP contribution in [0.15, 0.2) is 27.3 Å². The van der Waals surface area contributed by atoms with E-state index in [1.54, 1.807) is 0 Å². The van der Waals surface area contributed by atoms with E-state index >= 15 is 0 Å². The lowest BCUT2D eigenvalue weighted by atomic mass is 10.5. The number of aromatic hydroxyl groups is 1. The summed E-state index contributed by atoms with van der Waals surface area (Å²) in [4.78, 5) is 23.7. The van der Waals surface area contributed by atoms with Crippen LogP contribution in [0.25, 0.3) is 0 Å². The van der Waals surface area contributed by atoms with Crippen molar-refractivity contribution in [3.05, 3.63) is 38.5 Å². The molecule has 2 N–H and O–H groups in total. The zero-order valence-corrected chi connectivity index (χ0v) is 7.34. The Labute approximate surface area is 77.9 Å². The lowest BCUT2D eigenvalue weighted by Crippen LogP contribution is -2.29. The Bertz CT molecular complexity index is 446. The fourth-order valence-electron chi connectivity index (χ4n) is 0.833. The summed E-state index contributed by atoms with van der Waals surface area (Å²) < 4.78 is 0.900. The first-order chi connectivity index (χ1) is 6.00. The van der Waals surface area contributed by atoms with Gasteiger partial charge >= 0.3 is 5.69 Å². The van der Waals surface area contributed by atoms with Gasteiger partial charge in [-0.3, -0.25) is 14.3 Å². The van der Waals surface area contributed by atoms with Crippen LogP contribution in [0, 0.1) is 0 Å². The molecule has 0 bridgehead atoms. The minimum absolute atomic E-state index is 0.0387. The maximum absolute atomic E-state index is 11.0. The summed E-state index contributed by atoms with van der Waals surface area (Å²) in [5, 5.41) is 9.35. The van der Waals surface area contributed by atoms with Crippen molar-refractivity contribution in [2.45, 2.75) is 6.54 Å². The average molecular weight is 203 g/mol. The molecule has 0 spiro atoms. The van der Waals surface area contributed by atoms with Crippen molar-refractivity contribution >= 4 is 11.6 Å². The molecule has 70 valence electrons. The van der Waals surface area contributed by atoms with Crippen LogP contribution in [0.3, 0.4) is 0 Å². The molecule has 0 saturated heterocycles. The number of halogens is 1. The summed E-state index contributed by atoms with van der Waals surface area (Å²) in [6.45, 7) is 3.32. The quantitative estimate of drug-likeness (QED) is 0.709. The van der Waals surface area contributed by atoms with Crippen LogP contribution in [0.2, 0.25) is 0 Å². The summed E-state index contributed by atoms with van der Waals surface area (Å²) in [5.41, 5.74) is -1.37. The molecule has 0 atom stereocenters. The van der Waals surface area contributed by atoms with Crippen LogP contribution < -0.4 is 11.2 Å². The van der Waals surface area contributed by atoms with Crippen molar-refractivity contribution in [1.82, 2.24) is 9.55 Å². The van der Waals surface area contributed by atoms with Gasteiger partial charge in [0, 0.05) is 5.03 Å². The van der Waals surface area contributed by atoms with E-state index in [4.69, 9.17) is 16.7 Å². The van der Waals surface area contributed by atoms with Gasteiger partial charge in [0.2, 0.25) is 5.88 Å². The number of H-pyrrole nitrogens is 1. The predicted octanol–water partition coefficient (Wildman–Crippen LogP) is -0.00530. The number of hydrogen-bond donors (Lipinski definition) is 2. The first-order valence-electron chi connectivity index (χ1n) is 3.37. The summed E-state index contributed by atoms with van der Waals surface area (Å²) >= 11 is 5.44. The van der Waals surface area contributed by atoms with Gasteiger partial charge in [0.05, 0.1) is 12.6 Å². The molecule has 0 aliphatic rings. The minimum atomic E-state index is -0.716. The molecular weight excluding hydrogens is 196 g/mol. The molecule has 0 aliphatic carbocycles. The zero-order chi connectivity index (χ0) is 10.0. The average Bonchev–Trinajstić information content (AvgIpc) is 1.96. The molecule has 0 unspecified atom stereocenters. The van der Waals surface area contributed by atoms with Gasteiger partial charge in [-0.25, -0.2) is 4.79 Å².